The number of carbonyl (C=O) groups excluding carboxylic acids is 1. The molecule has 0 spiro atoms. The fraction of sp³-hybridized carbons (Fsp3) is 0.286. The average molecular weight is 334 g/mol. The molecule has 0 atom stereocenters. The highest BCUT2D eigenvalue weighted by molar-refractivity contribution is 5.80. The highest BCUT2D eigenvalue weighted by Gasteiger charge is 2.07. The first-order chi connectivity index (χ1) is 12.3. The van der Waals surface area contributed by atoms with E-state index in [0.717, 1.165) is 25.7 Å². The second-order valence-electron chi connectivity index (χ2n) is 6.15. The lowest BCUT2D eigenvalue weighted by Gasteiger charge is -2.03. The van der Waals surface area contributed by atoms with Crippen LogP contribution in [0.2, 0.25) is 0 Å². The standard InChI is InChI=1S/C21H22N2O2/c24-19(11-6-2-5-10-17-8-3-1-4-9-17)16-18-13-14-20(23-22-18)21-12-7-15-25-21/h1,3-4,7-9,12-15H,2,5-6,10-11,16H2. The topological polar surface area (TPSA) is 56.0 Å². The Bertz CT molecular complexity index is 765. The number of rotatable bonds is 9. The van der Waals surface area contributed by atoms with Crippen LogP contribution in [-0.2, 0) is 17.6 Å². The Kier molecular flexibility index (Phi) is 6.10. The third-order valence-corrected chi connectivity index (χ3v) is 4.14. The van der Waals surface area contributed by atoms with E-state index >= 15 is 0 Å². The number of furan rings is 1. The van der Waals surface area contributed by atoms with Gasteiger partial charge in [0.15, 0.2) is 5.76 Å². The summed E-state index contributed by atoms with van der Waals surface area (Å²) in [6, 6.07) is 17.8. The molecule has 0 radical (unpaired) electrons. The number of hydrogen-bond acceptors (Lipinski definition) is 4. The lowest BCUT2D eigenvalue weighted by atomic mass is 10.0. The molecule has 0 amide bonds. The zero-order valence-corrected chi connectivity index (χ0v) is 14.2. The van der Waals surface area contributed by atoms with Gasteiger partial charge in [-0.05, 0) is 49.1 Å². The maximum absolute atomic E-state index is 12.1. The number of aryl methyl sites for hydroxylation is 1. The minimum atomic E-state index is 0.222. The molecule has 1 aromatic carbocycles. The van der Waals surface area contributed by atoms with Gasteiger partial charge in [-0.15, -0.1) is 5.10 Å². The van der Waals surface area contributed by atoms with Crippen LogP contribution in [0.5, 0.6) is 0 Å². The van der Waals surface area contributed by atoms with Crippen LogP contribution in [0.3, 0.4) is 0 Å². The van der Waals surface area contributed by atoms with Crippen molar-refractivity contribution in [3.05, 3.63) is 72.1 Å². The van der Waals surface area contributed by atoms with E-state index < -0.39 is 0 Å². The van der Waals surface area contributed by atoms with Crippen LogP contribution in [0.4, 0.5) is 0 Å². The molecule has 0 saturated carbocycles. The highest BCUT2D eigenvalue weighted by atomic mass is 16.3. The molecule has 25 heavy (non-hydrogen) atoms. The predicted molar refractivity (Wildman–Crippen MR) is 97.1 cm³/mol. The zero-order valence-electron chi connectivity index (χ0n) is 14.2. The molecule has 4 nitrogen and oxygen atoms in total. The van der Waals surface area contributed by atoms with Crippen molar-refractivity contribution >= 4 is 5.78 Å². The highest BCUT2D eigenvalue weighted by Crippen LogP contribution is 2.16. The molecule has 2 aromatic heterocycles. The molecule has 0 fully saturated rings. The van der Waals surface area contributed by atoms with Crippen molar-refractivity contribution in [2.75, 3.05) is 0 Å². The molecule has 0 saturated heterocycles. The maximum Gasteiger partial charge on any atom is 0.154 e. The summed E-state index contributed by atoms with van der Waals surface area (Å²) in [6.45, 7) is 0. The zero-order chi connectivity index (χ0) is 17.3. The summed E-state index contributed by atoms with van der Waals surface area (Å²) in [6.07, 6.45) is 6.77. The van der Waals surface area contributed by atoms with Crippen LogP contribution >= 0.6 is 0 Å². The van der Waals surface area contributed by atoms with E-state index in [1.165, 1.54) is 5.56 Å². The molecule has 0 unspecified atom stereocenters. The number of unbranched alkanes of at least 4 members (excludes halogenated alkanes) is 2. The Labute approximate surface area is 147 Å². The second-order valence-corrected chi connectivity index (χ2v) is 6.15. The van der Waals surface area contributed by atoms with Gasteiger partial charge in [0.1, 0.15) is 11.5 Å². The molecule has 0 aliphatic heterocycles. The van der Waals surface area contributed by atoms with Gasteiger partial charge >= 0.3 is 0 Å². The number of nitrogens with zero attached hydrogens (tertiary/aromatic N) is 2. The third-order valence-electron chi connectivity index (χ3n) is 4.14. The van der Waals surface area contributed by atoms with Gasteiger partial charge in [-0.2, -0.15) is 5.10 Å². The SMILES string of the molecule is O=C(CCCCCc1ccccc1)Cc1ccc(-c2ccco2)nn1. The van der Waals surface area contributed by atoms with Crippen LogP contribution in [0, 0.1) is 0 Å². The van der Waals surface area contributed by atoms with E-state index in [4.69, 9.17) is 4.42 Å². The van der Waals surface area contributed by atoms with E-state index in [1.54, 1.807) is 6.26 Å². The number of ketones is 1. The fourth-order valence-corrected chi connectivity index (χ4v) is 2.77. The van der Waals surface area contributed by atoms with Crippen LogP contribution < -0.4 is 0 Å². The van der Waals surface area contributed by atoms with E-state index in [2.05, 4.69) is 34.5 Å². The van der Waals surface area contributed by atoms with E-state index in [9.17, 15) is 4.79 Å². The molecule has 4 heteroatoms. The van der Waals surface area contributed by atoms with Gasteiger partial charge in [0.2, 0.25) is 0 Å². The number of Topliss-reactive ketones (excluding diaryl/α,β-unsaturated/α-hetero) is 1. The van der Waals surface area contributed by atoms with Gasteiger partial charge in [-0.1, -0.05) is 36.8 Å². The lowest BCUT2D eigenvalue weighted by Crippen LogP contribution is -2.05. The number of hydrogen-bond donors (Lipinski definition) is 0. The summed E-state index contributed by atoms with van der Waals surface area (Å²) in [5, 5.41) is 8.25. The molecular formula is C21H22N2O2. The molecule has 0 aliphatic rings. The lowest BCUT2D eigenvalue weighted by molar-refractivity contribution is -0.118. The van der Waals surface area contributed by atoms with Crippen molar-refractivity contribution < 1.29 is 9.21 Å². The van der Waals surface area contributed by atoms with E-state index in [-0.39, 0.29) is 5.78 Å². The van der Waals surface area contributed by atoms with Gasteiger partial charge in [0.05, 0.1) is 18.4 Å². The third kappa shape index (κ3) is 5.38. The second kappa shape index (κ2) is 8.92. The monoisotopic (exact) mass is 334 g/mol. The van der Waals surface area contributed by atoms with Crippen molar-refractivity contribution in [1.29, 1.82) is 0 Å². The van der Waals surface area contributed by atoms with Crippen LogP contribution in [0.15, 0.2) is 65.3 Å². The molecule has 0 N–H and O–H groups in total. The normalized spacial score (nSPS) is 10.7. The average Bonchev–Trinajstić information content (AvgIpc) is 3.18. The van der Waals surface area contributed by atoms with Gasteiger partial charge in [-0.25, -0.2) is 0 Å². The minimum absolute atomic E-state index is 0.222. The van der Waals surface area contributed by atoms with Crippen molar-refractivity contribution in [2.45, 2.75) is 38.5 Å². The Hall–Kier alpha value is -2.75. The molecule has 2 heterocycles. The molecule has 0 bridgehead atoms. The largest absolute Gasteiger partial charge is 0.463 e. The quantitative estimate of drug-likeness (QED) is 0.534. The Morgan fingerprint density at radius 2 is 1.76 bits per heavy atom. The molecule has 128 valence electrons. The van der Waals surface area contributed by atoms with Gasteiger partial charge < -0.3 is 4.42 Å². The summed E-state index contributed by atoms with van der Waals surface area (Å²) >= 11 is 0. The van der Waals surface area contributed by atoms with E-state index in [0.29, 0.717) is 30.0 Å². The van der Waals surface area contributed by atoms with Crippen molar-refractivity contribution in [3.8, 4) is 11.5 Å². The first-order valence-corrected chi connectivity index (χ1v) is 8.73. The van der Waals surface area contributed by atoms with E-state index in [1.807, 2.05) is 30.3 Å². The summed E-state index contributed by atoms with van der Waals surface area (Å²) < 4.78 is 5.28. The van der Waals surface area contributed by atoms with Crippen molar-refractivity contribution in [1.82, 2.24) is 10.2 Å². The Morgan fingerprint density at radius 3 is 2.48 bits per heavy atom. The smallest absolute Gasteiger partial charge is 0.154 e. The Balaban J connectivity index is 1.36. The predicted octanol–water partition coefficient (Wildman–Crippen LogP) is 4.65. The molecule has 3 rings (SSSR count). The summed E-state index contributed by atoms with van der Waals surface area (Å²) in [7, 11) is 0. The van der Waals surface area contributed by atoms with Crippen LogP contribution in [-0.4, -0.2) is 16.0 Å². The minimum Gasteiger partial charge on any atom is -0.463 e. The summed E-state index contributed by atoms with van der Waals surface area (Å²) in [4.78, 5) is 12.1. The number of aromatic nitrogens is 2. The maximum atomic E-state index is 12.1. The number of carbonyl (C=O) groups is 1. The molecule has 0 aliphatic carbocycles. The molecular weight excluding hydrogens is 312 g/mol. The fourth-order valence-electron chi connectivity index (χ4n) is 2.77. The summed E-state index contributed by atoms with van der Waals surface area (Å²) in [5.74, 6) is 0.906. The number of benzene rings is 1. The van der Waals surface area contributed by atoms with Gasteiger partial charge in [-0.3, -0.25) is 4.79 Å². The van der Waals surface area contributed by atoms with Crippen molar-refractivity contribution in [2.24, 2.45) is 0 Å². The summed E-state index contributed by atoms with van der Waals surface area (Å²) in [5.41, 5.74) is 2.76. The Morgan fingerprint density at radius 1 is 0.880 bits per heavy atom. The van der Waals surface area contributed by atoms with Gasteiger partial charge in [0, 0.05) is 6.42 Å². The van der Waals surface area contributed by atoms with Crippen LogP contribution in [0.1, 0.15) is 36.9 Å². The van der Waals surface area contributed by atoms with Crippen LogP contribution in [0.25, 0.3) is 11.5 Å². The van der Waals surface area contributed by atoms with Crippen molar-refractivity contribution in [3.63, 3.8) is 0 Å². The first kappa shape index (κ1) is 17.1. The molecule has 3 aromatic rings. The first-order valence-electron chi connectivity index (χ1n) is 8.73. The van der Waals surface area contributed by atoms with Gasteiger partial charge in [0.25, 0.3) is 0 Å².